The van der Waals surface area contributed by atoms with Crippen molar-refractivity contribution >= 4 is 5.69 Å². The summed E-state index contributed by atoms with van der Waals surface area (Å²) in [5.41, 5.74) is 3.78. The molecule has 2 aromatic rings. The molecule has 4 heteroatoms. The van der Waals surface area contributed by atoms with Crippen LogP contribution in [-0.4, -0.2) is 29.1 Å². The Hall–Kier alpha value is -1.94. The lowest BCUT2D eigenvalue weighted by atomic mass is 10.0. The molecule has 3 rings (SSSR count). The van der Waals surface area contributed by atoms with Crippen molar-refractivity contribution < 1.29 is 0 Å². The van der Waals surface area contributed by atoms with Gasteiger partial charge in [-0.3, -0.25) is 0 Å². The Morgan fingerprint density at radius 3 is 2.71 bits per heavy atom. The number of hydrogen-bond donors (Lipinski definition) is 1. The molecule has 1 aromatic heterocycles. The van der Waals surface area contributed by atoms with Crippen molar-refractivity contribution in [1.82, 2.24) is 15.3 Å². The second kappa shape index (κ2) is 7.75. The third kappa shape index (κ3) is 4.32. The number of benzene rings is 1. The van der Waals surface area contributed by atoms with Crippen LogP contribution >= 0.6 is 0 Å². The van der Waals surface area contributed by atoms with Gasteiger partial charge in [0, 0.05) is 43.5 Å². The van der Waals surface area contributed by atoms with Crippen LogP contribution in [0.5, 0.6) is 0 Å². The summed E-state index contributed by atoms with van der Waals surface area (Å²) in [5, 5.41) is 3.67. The average Bonchev–Trinajstić information content (AvgIpc) is 2.61. The third-order valence-corrected chi connectivity index (χ3v) is 4.68. The van der Waals surface area contributed by atoms with E-state index in [1.54, 1.807) is 0 Å². The van der Waals surface area contributed by atoms with E-state index in [2.05, 4.69) is 65.2 Å². The van der Waals surface area contributed by atoms with Crippen molar-refractivity contribution in [3.8, 4) is 0 Å². The van der Waals surface area contributed by atoms with E-state index in [0.29, 0.717) is 12.0 Å². The lowest BCUT2D eigenvalue weighted by Crippen LogP contribution is -2.42. The Kier molecular flexibility index (Phi) is 5.46. The summed E-state index contributed by atoms with van der Waals surface area (Å²) in [6.07, 6.45) is 4.23. The Bertz CT molecular complexity index is 660. The van der Waals surface area contributed by atoms with Gasteiger partial charge in [-0.25, -0.2) is 9.97 Å². The fourth-order valence-electron chi connectivity index (χ4n) is 3.20. The molecule has 2 heterocycles. The van der Waals surface area contributed by atoms with E-state index in [1.807, 2.05) is 12.3 Å². The highest BCUT2D eigenvalue weighted by Crippen LogP contribution is 2.21. The molecule has 4 nitrogen and oxygen atoms in total. The molecule has 1 N–H and O–H groups in total. The summed E-state index contributed by atoms with van der Waals surface area (Å²) >= 11 is 0. The summed E-state index contributed by atoms with van der Waals surface area (Å²) < 4.78 is 0. The molecule has 1 aliphatic rings. The fourth-order valence-corrected chi connectivity index (χ4v) is 3.20. The Morgan fingerprint density at radius 1 is 1.21 bits per heavy atom. The summed E-state index contributed by atoms with van der Waals surface area (Å²) in [6.45, 7) is 9.48. The monoisotopic (exact) mass is 324 g/mol. The van der Waals surface area contributed by atoms with E-state index in [0.717, 1.165) is 31.2 Å². The van der Waals surface area contributed by atoms with E-state index in [-0.39, 0.29) is 0 Å². The molecule has 128 valence electrons. The Balaban J connectivity index is 1.50. The number of nitrogens with zero attached hydrogens (tertiary/aromatic N) is 3. The maximum Gasteiger partial charge on any atom is 0.131 e. The minimum atomic E-state index is 0.377. The van der Waals surface area contributed by atoms with Crippen LogP contribution in [0.3, 0.4) is 0 Å². The quantitative estimate of drug-likeness (QED) is 0.911. The van der Waals surface area contributed by atoms with Gasteiger partial charge in [-0.15, -0.1) is 0 Å². The SMILES string of the molecule is Cc1cccc(N2CCC(NCc3ccnc(C(C)C)n3)CC2)c1. The van der Waals surface area contributed by atoms with E-state index in [9.17, 15) is 0 Å². The molecule has 1 fully saturated rings. The van der Waals surface area contributed by atoms with Gasteiger partial charge >= 0.3 is 0 Å². The van der Waals surface area contributed by atoms with Crippen molar-refractivity contribution in [2.45, 2.75) is 52.1 Å². The van der Waals surface area contributed by atoms with Crippen molar-refractivity contribution in [2.75, 3.05) is 18.0 Å². The van der Waals surface area contributed by atoms with Crippen molar-refractivity contribution in [1.29, 1.82) is 0 Å². The number of aromatic nitrogens is 2. The molecule has 1 aliphatic heterocycles. The summed E-state index contributed by atoms with van der Waals surface area (Å²) in [7, 11) is 0. The first-order chi connectivity index (χ1) is 11.6. The highest BCUT2D eigenvalue weighted by molar-refractivity contribution is 5.48. The normalized spacial score (nSPS) is 15.9. The molecule has 0 spiro atoms. The topological polar surface area (TPSA) is 41.0 Å². The molecule has 24 heavy (non-hydrogen) atoms. The Labute approximate surface area is 145 Å². The van der Waals surface area contributed by atoms with Crippen LogP contribution in [0.4, 0.5) is 5.69 Å². The number of anilines is 1. The predicted molar refractivity (Wildman–Crippen MR) is 99.4 cm³/mol. The van der Waals surface area contributed by atoms with Crippen molar-refractivity contribution in [2.24, 2.45) is 0 Å². The minimum Gasteiger partial charge on any atom is -0.371 e. The second-order valence-corrected chi connectivity index (χ2v) is 7.04. The van der Waals surface area contributed by atoms with Crippen LogP contribution in [0.2, 0.25) is 0 Å². The van der Waals surface area contributed by atoms with Gasteiger partial charge in [-0.05, 0) is 43.5 Å². The zero-order valence-corrected chi connectivity index (χ0v) is 15.0. The molecular weight excluding hydrogens is 296 g/mol. The molecule has 0 saturated carbocycles. The van der Waals surface area contributed by atoms with Gasteiger partial charge in [0.25, 0.3) is 0 Å². The maximum absolute atomic E-state index is 4.64. The van der Waals surface area contributed by atoms with Gasteiger partial charge in [0.15, 0.2) is 0 Å². The highest BCUT2D eigenvalue weighted by atomic mass is 15.1. The number of rotatable bonds is 5. The summed E-state index contributed by atoms with van der Waals surface area (Å²) in [4.78, 5) is 11.5. The molecule has 0 aliphatic carbocycles. The van der Waals surface area contributed by atoms with E-state index >= 15 is 0 Å². The van der Waals surface area contributed by atoms with Crippen LogP contribution in [-0.2, 0) is 6.54 Å². The second-order valence-electron chi connectivity index (χ2n) is 7.04. The molecule has 1 aromatic carbocycles. The summed E-state index contributed by atoms with van der Waals surface area (Å²) in [5.74, 6) is 1.31. The smallest absolute Gasteiger partial charge is 0.131 e. The zero-order valence-electron chi connectivity index (χ0n) is 15.0. The van der Waals surface area contributed by atoms with Crippen LogP contribution in [0.1, 0.15) is 49.7 Å². The van der Waals surface area contributed by atoms with Gasteiger partial charge in [-0.1, -0.05) is 26.0 Å². The van der Waals surface area contributed by atoms with Gasteiger partial charge in [0.05, 0.1) is 5.69 Å². The molecule has 0 bridgehead atoms. The predicted octanol–water partition coefficient (Wildman–Crippen LogP) is 3.67. The number of nitrogens with one attached hydrogen (secondary N) is 1. The van der Waals surface area contributed by atoms with Crippen molar-refractivity contribution in [3.05, 3.63) is 53.6 Å². The standard InChI is InChI=1S/C20H28N4/c1-15(2)20-21-10-7-18(23-20)14-22-17-8-11-24(12-9-17)19-6-4-5-16(3)13-19/h4-7,10,13,15,17,22H,8-9,11-12,14H2,1-3H3. The van der Waals surface area contributed by atoms with Crippen molar-refractivity contribution in [3.63, 3.8) is 0 Å². The molecule has 0 unspecified atom stereocenters. The van der Waals surface area contributed by atoms with Gasteiger partial charge in [0.2, 0.25) is 0 Å². The number of piperidine rings is 1. The van der Waals surface area contributed by atoms with Crippen LogP contribution < -0.4 is 10.2 Å². The molecule has 0 amide bonds. The van der Waals surface area contributed by atoms with E-state index in [1.165, 1.54) is 24.1 Å². The third-order valence-electron chi connectivity index (χ3n) is 4.68. The maximum atomic E-state index is 4.64. The number of hydrogen-bond acceptors (Lipinski definition) is 4. The molecule has 0 atom stereocenters. The van der Waals surface area contributed by atoms with Gasteiger partial charge in [0.1, 0.15) is 5.82 Å². The largest absolute Gasteiger partial charge is 0.371 e. The van der Waals surface area contributed by atoms with E-state index < -0.39 is 0 Å². The lowest BCUT2D eigenvalue weighted by Gasteiger charge is -2.34. The fraction of sp³-hybridized carbons (Fsp3) is 0.500. The number of aryl methyl sites for hydroxylation is 1. The first-order valence-electron chi connectivity index (χ1n) is 8.98. The van der Waals surface area contributed by atoms with E-state index in [4.69, 9.17) is 0 Å². The molecular formula is C20H28N4. The summed E-state index contributed by atoms with van der Waals surface area (Å²) in [6, 6.07) is 11.4. The zero-order chi connectivity index (χ0) is 16.9. The van der Waals surface area contributed by atoms with Crippen LogP contribution in [0.25, 0.3) is 0 Å². The van der Waals surface area contributed by atoms with Gasteiger partial charge < -0.3 is 10.2 Å². The van der Waals surface area contributed by atoms with Crippen LogP contribution in [0.15, 0.2) is 36.5 Å². The van der Waals surface area contributed by atoms with Gasteiger partial charge in [-0.2, -0.15) is 0 Å². The molecule has 0 radical (unpaired) electrons. The first kappa shape index (κ1) is 16.9. The lowest BCUT2D eigenvalue weighted by molar-refractivity contribution is 0.411. The average molecular weight is 324 g/mol. The highest BCUT2D eigenvalue weighted by Gasteiger charge is 2.19. The first-order valence-corrected chi connectivity index (χ1v) is 8.98. The Morgan fingerprint density at radius 2 is 2.00 bits per heavy atom. The van der Waals surface area contributed by atoms with Crippen LogP contribution in [0, 0.1) is 6.92 Å². The minimum absolute atomic E-state index is 0.377. The molecule has 1 saturated heterocycles.